The molecule has 2 amide bonds. The molecule has 0 radical (unpaired) electrons. The molecule has 2 atom stereocenters. The van der Waals surface area contributed by atoms with Crippen molar-refractivity contribution in [2.75, 3.05) is 11.5 Å². The molecule has 0 aromatic heterocycles. The molecule has 0 saturated carbocycles. The van der Waals surface area contributed by atoms with E-state index in [4.69, 9.17) is 10.2 Å². The quantitative estimate of drug-likeness (QED) is 0.446. The largest absolute Gasteiger partial charge is 0.480 e. The molecule has 9 heteroatoms. The number of carbonyl (C=O) groups excluding carboxylic acids is 2. The zero-order valence-corrected chi connectivity index (χ0v) is 11.3. The molecule has 0 aliphatic carbocycles. The fourth-order valence-corrected chi connectivity index (χ4v) is 2.20. The standard InChI is InChI=1S/C10H16N2O6S/c1-5(13)11-7(9(15)16)3-19-4-8(10(17)18)12-6(2)14/h7-8H,3-4H2,1-2H3,(H,11,13)(H,12,14)(H,15,16)(H,17,18)/t7-,8-/m0/s1. The lowest BCUT2D eigenvalue weighted by Crippen LogP contribution is -2.44. The van der Waals surface area contributed by atoms with Crippen LogP contribution in [0.5, 0.6) is 0 Å². The summed E-state index contributed by atoms with van der Waals surface area (Å²) in [6.45, 7) is 2.38. The molecule has 0 aromatic carbocycles. The zero-order valence-electron chi connectivity index (χ0n) is 10.5. The second kappa shape index (κ2) is 8.35. The highest BCUT2D eigenvalue weighted by Crippen LogP contribution is 2.06. The summed E-state index contributed by atoms with van der Waals surface area (Å²) in [7, 11) is 0. The lowest BCUT2D eigenvalue weighted by molar-refractivity contribution is -0.141. The number of carbonyl (C=O) groups is 4. The monoisotopic (exact) mass is 292 g/mol. The van der Waals surface area contributed by atoms with Crippen molar-refractivity contribution in [3.05, 3.63) is 0 Å². The van der Waals surface area contributed by atoms with Crippen molar-refractivity contribution in [2.45, 2.75) is 25.9 Å². The number of rotatable bonds is 8. The van der Waals surface area contributed by atoms with E-state index in [0.29, 0.717) is 0 Å². The Morgan fingerprint density at radius 3 is 1.42 bits per heavy atom. The third-order valence-corrected chi connectivity index (χ3v) is 3.06. The molecule has 0 rings (SSSR count). The number of hydrogen-bond donors (Lipinski definition) is 4. The lowest BCUT2D eigenvalue weighted by Gasteiger charge is -2.15. The second-order valence-corrected chi connectivity index (χ2v) is 4.80. The van der Waals surface area contributed by atoms with Crippen molar-refractivity contribution in [3.8, 4) is 0 Å². The van der Waals surface area contributed by atoms with Gasteiger partial charge in [-0.2, -0.15) is 11.8 Å². The highest BCUT2D eigenvalue weighted by molar-refractivity contribution is 7.99. The Morgan fingerprint density at radius 1 is 0.895 bits per heavy atom. The van der Waals surface area contributed by atoms with Crippen molar-refractivity contribution >= 4 is 35.5 Å². The molecule has 19 heavy (non-hydrogen) atoms. The van der Waals surface area contributed by atoms with Gasteiger partial charge in [-0.3, -0.25) is 9.59 Å². The molecule has 4 N–H and O–H groups in total. The van der Waals surface area contributed by atoms with E-state index < -0.39 is 35.8 Å². The molecule has 108 valence electrons. The highest BCUT2D eigenvalue weighted by atomic mass is 32.2. The van der Waals surface area contributed by atoms with Crippen LogP contribution >= 0.6 is 11.8 Å². The number of carboxylic acid groups (broad SMARTS) is 2. The summed E-state index contributed by atoms with van der Waals surface area (Å²) in [5.74, 6) is -3.34. The average Bonchev–Trinajstić information content (AvgIpc) is 2.24. The number of hydrogen-bond acceptors (Lipinski definition) is 5. The van der Waals surface area contributed by atoms with Gasteiger partial charge >= 0.3 is 11.9 Å². The second-order valence-electron chi connectivity index (χ2n) is 3.72. The molecule has 0 spiro atoms. The van der Waals surface area contributed by atoms with Crippen LogP contribution in [0.3, 0.4) is 0 Å². The average molecular weight is 292 g/mol. The maximum Gasteiger partial charge on any atom is 0.327 e. The van der Waals surface area contributed by atoms with Crippen LogP contribution in [0.1, 0.15) is 13.8 Å². The Morgan fingerprint density at radius 2 is 1.21 bits per heavy atom. The van der Waals surface area contributed by atoms with Crippen LogP contribution in [0.25, 0.3) is 0 Å². The number of aliphatic carboxylic acids is 2. The van der Waals surface area contributed by atoms with Gasteiger partial charge in [-0.1, -0.05) is 0 Å². The first-order valence-electron chi connectivity index (χ1n) is 5.31. The molecule has 0 saturated heterocycles. The van der Waals surface area contributed by atoms with Gasteiger partial charge in [0.05, 0.1) is 0 Å². The molecular formula is C10H16N2O6S. The van der Waals surface area contributed by atoms with Crippen LogP contribution in [-0.4, -0.2) is 57.6 Å². The Bertz CT molecular complexity index is 339. The van der Waals surface area contributed by atoms with E-state index in [-0.39, 0.29) is 11.5 Å². The van der Waals surface area contributed by atoms with Crippen molar-refractivity contribution in [2.24, 2.45) is 0 Å². The van der Waals surface area contributed by atoms with Gasteiger partial charge in [0.1, 0.15) is 12.1 Å². The Kier molecular flexibility index (Phi) is 7.57. The van der Waals surface area contributed by atoms with Crippen molar-refractivity contribution in [3.63, 3.8) is 0 Å². The van der Waals surface area contributed by atoms with E-state index in [2.05, 4.69) is 10.6 Å². The smallest absolute Gasteiger partial charge is 0.327 e. The van der Waals surface area contributed by atoms with Gasteiger partial charge in [0.2, 0.25) is 11.8 Å². The van der Waals surface area contributed by atoms with Crippen molar-refractivity contribution in [1.82, 2.24) is 10.6 Å². The van der Waals surface area contributed by atoms with Gasteiger partial charge in [-0.15, -0.1) is 0 Å². The minimum absolute atomic E-state index is 0.0122. The maximum atomic E-state index is 10.8. The van der Waals surface area contributed by atoms with Crippen LogP contribution in [0.2, 0.25) is 0 Å². The van der Waals surface area contributed by atoms with Crippen LogP contribution in [0.15, 0.2) is 0 Å². The van der Waals surface area contributed by atoms with Gasteiger partial charge in [0, 0.05) is 25.4 Å². The van der Waals surface area contributed by atoms with Gasteiger partial charge < -0.3 is 20.8 Å². The van der Waals surface area contributed by atoms with Crippen molar-refractivity contribution in [1.29, 1.82) is 0 Å². The Balaban J connectivity index is 4.28. The summed E-state index contributed by atoms with van der Waals surface area (Å²) in [5.41, 5.74) is 0. The van der Waals surface area contributed by atoms with E-state index in [1.807, 2.05) is 0 Å². The first-order chi connectivity index (χ1) is 8.73. The first kappa shape index (κ1) is 17.2. The van der Waals surface area contributed by atoms with Crippen LogP contribution in [0.4, 0.5) is 0 Å². The number of nitrogens with one attached hydrogen (secondary N) is 2. The molecular weight excluding hydrogens is 276 g/mol. The molecule has 0 unspecified atom stereocenters. The fourth-order valence-electron chi connectivity index (χ4n) is 1.14. The van der Waals surface area contributed by atoms with Gasteiger partial charge in [0.25, 0.3) is 0 Å². The number of thioether (sulfide) groups is 1. The predicted octanol–water partition coefficient (Wildman–Crippen LogP) is -1.10. The minimum Gasteiger partial charge on any atom is -0.480 e. The van der Waals surface area contributed by atoms with Gasteiger partial charge in [0.15, 0.2) is 0 Å². The van der Waals surface area contributed by atoms with Crippen LogP contribution in [-0.2, 0) is 19.2 Å². The Labute approximate surface area is 113 Å². The minimum atomic E-state index is -1.20. The predicted molar refractivity (Wildman–Crippen MR) is 67.8 cm³/mol. The normalized spacial score (nSPS) is 13.2. The molecule has 8 nitrogen and oxygen atoms in total. The van der Waals surface area contributed by atoms with Crippen molar-refractivity contribution < 1.29 is 29.4 Å². The van der Waals surface area contributed by atoms with E-state index in [1.165, 1.54) is 13.8 Å². The van der Waals surface area contributed by atoms with E-state index in [0.717, 1.165) is 11.8 Å². The summed E-state index contributed by atoms with van der Waals surface area (Å²) in [5, 5.41) is 22.1. The third kappa shape index (κ3) is 8.03. The molecule has 0 aromatic rings. The summed E-state index contributed by atoms with van der Waals surface area (Å²) in [4.78, 5) is 43.2. The number of carboxylic acids is 2. The van der Waals surface area contributed by atoms with E-state index in [1.54, 1.807) is 0 Å². The molecule has 0 heterocycles. The topological polar surface area (TPSA) is 133 Å². The highest BCUT2D eigenvalue weighted by Gasteiger charge is 2.22. The third-order valence-electron chi connectivity index (χ3n) is 1.92. The number of amides is 2. The summed E-state index contributed by atoms with van der Waals surface area (Å²) in [6.07, 6.45) is 0. The zero-order chi connectivity index (χ0) is 15.0. The summed E-state index contributed by atoms with van der Waals surface area (Å²) < 4.78 is 0. The van der Waals surface area contributed by atoms with Gasteiger partial charge in [-0.25, -0.2) is 9.59 Å². The molecule has 0 aliphatic heterocycles. The molecule has 0 fully saturated rings. The van der Waals surface area contributed by atoms with Gasteiger partial charge in [-0.05, 0) is 0 Å². The molecule has 0 aliphatic rings. The first-order valence-corrected chi connectivity index (χ1v) is 6.47. The summed E-state index contributed by atoms with van der Waals surface area (Å²) >= 11 is 1.02. The summed E-state index contributed by atoms with van der Waals surface area (Å²) in [6, 6.07) is -2.18. The lowest BCUT2D eigenvalue weighted by atomic mass is 10.3. The van der Waals surface area contributed by atoms with E-state index in [9.17, 15) is 19.2 Å². The Hall–Kier alpha value is -1.77. The molecule has 0 bridgehead atoms. The van der Waals surface area contributed by atoms with Crippen LogP contribution in [0, 0.1) is 0 Å². The SMILES string of the molecule is CC(=O)N[C@@H](CSC[C@H](NC(C)=O)C(=O)O)C(=O)O. The fraction of sp³-hybridized carbons (Fsp3) is 0.600. The maximum absolute atomic E-state index is 10.8. The van der Waals surface area contributed by atoms with Crippen LogP contribution < -0.4 is 10.6 Å². The van der Waals surface area contributed by atoms with E-state index >= 15 is 0 Å².